The van der Waals surface area contributed by atoms with Gasteiger partial charge in [-0.1, -0.05) is 24.3 Å². The molecule has 0 spiro atoms. The molecule has 0 unspecified atom stereocenters. The maximum atomic E-state index is 12.7. The Morgan fingerprint density at radius 1 is 0.909 bits per heavy atom. The molecule has 0 atom stereocenters. The smallest absolute Gasteiger partial charge is 0.367 e. The lowest BCUT2D eigenvalue weighted by molar-refractivity contribution is -0.137. The average molecular weight is 471 g/mol. The third-order valence-electron chi connectivity index (χ3n) is 6.16. The lowest BCUT2D eigenvalue weighted by Gasteiger charge is -2.31. The van der Waals surface area contributed by atoms with Gasteiger partial charge in [-0.05, 0) is 77.4 Å². The third kappa shape index (κ3) is 5.34. The molecule has 0 aliphatic carbocycles. The van der Waals surface area contributed by atoms with Gasteiger partial charge >= 0.3 is 6.18 Å². The van der Waals surface area contributed by atoms with E-state index in [0.29, 0.717) is 5.82 Å². The lowest BCUT2D eigenvalue weighted by atomic mass is 10.0. The number of alkyl halides is 3. The van der Waals surface area contributed by atoms with Crippen LogP contribution < -0.4 is 10.6 Å². The van der Waals surface area contributed by atoms with E-state index in [1.54, 1.807) is 11.9 Å². The fraction of sp³-hybridized carbons (Fsp3) is 0.320. The van der Waals surface area contributed by atoms with Crippen LogP contribution in [0.5, 0.6) is 0 Å². The molecule has 3 aromatic rings. The van der Waals surface area contributed by atoms with Crippen molar-refractivity contribution < 1.29 is 13.2 Å². The fourth-order valence-corrected chi connectivity index (χ4v) is 5.23. The minimum Gasteiger partial charge on any atom is -0.367 e. The van der Waals surface area contributed by atoms with Crippen molar-refractivity contribution in [3.05, 3.63) is 77.5 Å². The van der Waals surface area contributed by atoms with Crippen LogP contribution in [0.1, 0.15) is 29.5 Å². The number of benzene rings is 2. The molecular weight excluding hydrogens is 445 g/mol. The van der Waals surface area contributed by atoms with Crippen LogP contribution in [-0.2, 0) is 19.3 Å². The summed E-state index contributed by atoms with van der Waals surface area (Å²) in [5, 5.41) is 6.66. The Morgan fingerprint density at radius 2 is 1.64 bits per heavy atom. The Bertz CT molecular complexity index is 1090. The number of hydrogen-bond donors (Lipinski definition) is 2. The normalized spacial score (nSPS) is 17.2. The van der Waals surface area contributed by atoms with Crippen molar-refractivity contribution in [2.75, 3.05) is 18.4 Å². The molecule has 0 radical (unpaired) electrons. The van der Waals surface area contributed by atoms with E-state index in [9.17, 15) is 13.2 Å². The molecule has 33 heavy (non-hydrogen) atoms. The van der Waals surface area contributed by atoms with Crippen LogP contribution in [0, 0.1) is 0 Å². The first kappa shape index (κ1) is 22.3. The SMILES string of the molecule is FC(F)(F)c1ccc(NC2CCN(Sc3ccc(-c4ccc5c(c4)CNC5)cc3)CC2)nc1. The molecule has 4 nitrogen and oxygen atoms in total. The van der Waals surface area contributed by atoms with E-state index in [4.69, 9.17) is 0 Å². The highest BCUT2D eigenvalue weighted by Crippen LogP contribution is 2.31. The van der Waals surface area contributed by atoms with Crippen molar-refractivity contribution in [1.82, 2.24) is 14.6 Å². The average Bonchev–Trinajstić information content (AvgIpc) is 3.29. The molecular formula is C25H25F3N4S. The van der Waals surface area contributed by atoms with E-state index in [1.165, 1.54) is 33.2 Å². The summed E-state index contributed by atoms with van der Waals surface area (Å²) in [5.74, 6) is 0.493. The quantitative estimate of drug-likeness (QED) is 0.451. The van der Waals surface area contributed by atoms with E-state index in [-0.39, 0.29) is 6.04 Å². The van der Waals surface area contributed by atoms with Gasteiger partial charge in [-0.25, -0.2) is 9.29 Å². The first-order valence-electron chi connectivity index (χ1n) is 11.1. The summed E-state index contributed by atoms with van der Waals surface area (Å²) in [6.07, 6.45) is -1.64. The Morgan fingerprint density at radius 3 is 2.33 bits per heavy atom. The molecule has 8 heteroatoms. The zero-order chi connectivity index (χ0) is 22.8. The van der Waals surface area contributed by atoms with Crippen LogP contribution in [0.4, 0.5) is 19.0 Å². The van der Waals surface area contributed by atoms with Gasteiger partial charge < -0.3 is 10.6 Å². The van der Waals surface area contributed by atoms with Crippen LogP contribution in [0.15, 0.2) is 65.7 Å². The number of hydrogen-bond acceptors (Lipinski definition) is 5. The summed E-state index contributed by atoms with van der Waals surface area (Å²) in [5.41, 5.74) is 4.52. The van der Waals surface area contributed by atoms with Gasteiger partial charge in [-0.3, -0.25) is 0 Å². The number of aromatic nitrogens is 1. The Balaban J connectivity index is 1.12. The van der Waals surface area contributed by atoms with Crippen LogP contribution in [0.2, 0.25) is 0 Å². The van der Waals surface area contributed by atoms with E-state index in [0.717, 1.165) is 51.3 Å². The lowest BCUT2D eigenvalue weighted by Crippen LogP contribution is -2.35. The van der Waals surface area contributed by atoms with Crippen molar-refractivity contribution in [1.29, 1.82) is 0 Å². The number of rotatable bonds is 5. The second-order valence-corrected chi connectivity index (χ2v) is 9.65. The molecule has 0 amide bonds. The summed E-state index contributed by atoms with van der Waals surface area (Å²) in [7, 11) is 0. The number of pyridine rings is 1. The summed E-state index contributed by atoms with van der Waals surface area (Å²) >= 11 is 1.76. The van der Waals surface area contributed by atoms with Gasteiger partial charge in [0.05, 0.1) is 5.56 Å². The highest BCUT2D eigenvalue weighted by molar-refractivity contribution is 7.97. The number of piperidine rings is 1. The molecule has 1 aromatic heterocycles. The van der Waals surface area contributed by atoms with Gasteiger partial charge in [0.2, 0.25) is 0 Å². The molecule has 2 aliphatic rings. The van der Waals surface area contributed by atoms with Gasteiger partial charge in [0.1, 0.15) is 5.82 Å². The molecule has 1 fully saturated rings. The highest BCUT2D eigenvalue weighted by Gasteiger charge is 2.30. The van der Waals surface area contributed by atoms with E-state index < -0.39 is 11.7 Å². The second-order valence-electron chi connectivity index (χ2n) is 8.48. The van der Waals surface area contributed by atoms with Crippen LogP contribution in [-0.4, -0.2) is 28.4 Å². The number of halogens is 3. The van der Waals surface area contributed by atoms with Crippen LogP contribution in [0.25, 0.3) is 11.1 Å². The molecule has 3 heterocycles. The fourth-order valence-electron chi connectivity index (χ4n) is 4.28. The molecule has 172 valence electrons. The highest BCUT2D eigenvalue weighted by atomic mass is 32.2. The van der Waals surface area contributed by atoms with Crippen molar-refractivity contribution >= 4 is 17.8 Å². The van der Waals surface area contributed by atoms with Gasteiger partial charge in [0.25, 0.3) is 0 Å². The molecule has 0 bridgehead atoms. The number of anilines is 1. The number of fused-ring (bicyclic) bond motifs is 1. The van der Waals surface area contributed by atoms with Crippen molar-refractivity contribution in [3.63, 3.8) is 0 Å². The Hall–Kier alpha value is -2.55. The van der Waals surface area contributed by atoms with Gasteiger partial charge in [0, 0.05) is 43.3 Å². The number of nitrogens with one attached hydrogen (secondary N) is 2. The number of nitrogens with zero attached hydrogens (tertiary/aromatic N) is 2. The topological polar surface area (TPSA) is 40.2 Å². The summed E-state index contributed by atoms with van der Waals surface area (Å²) in [6.45, 7) is 3.71. The van der Waals surface area contributed by atoms with E-state index in [2.05, 4.69) is 62.4 Å². The summed E-state index contributed by atoms with van der Waals surface area (Å²) in [6, 6.07) is 18.1. The van der Waals surface area contributed by atoms with Crippen molar-refractivity contribution in [3.8, 4) is 11.1 Å². The van der Waals surface area contributed by atoms with E-state index >= 15 is 0 Å². The molecule has 5 rings (SSSR count). The maximum Gasteiger partial charge on any atom is 0.417 e. The molecule has 0 saturated carbocycles. The van der Waals surface area contributed by atoms with Gasteiger partial charge in [0.15, 0.2) is 0 Å². The predicted octanol–water partition coefficient (Wildman–Crippen LogP) is 5.95. The summed E-state index contributed by atoms with van der Waals surface area (Å²) < 4.78 is 40.4. The minimum atomic E-state index is -4.36. The van der Waals surface area contributed by atoms with Gasteiger partial charge in [-0.2, -0.15) is 13.2 Å². The molecule has 2 aliphatic heterocycles. The Kier molecular flexibility index (Phi) is 6.32. The first-order valence-corrected chi connectivity index (χ1v) is 11.9. The monoisotopic (exact) mass is 470 g/mol. The second kappa shape index (κ2) is 9.37. The maximum absolute atomic E-state index is 12.7. The van der Waals surface area contributed by atoms with Crippen LogP contribution in [0.3, 0.4) is 0 Å². The minimum absolute atomic E-state index is 0.211. The zero-order valence-corrected chi connectivity index (χ0v) is 18.8. The van der Waals surface area contributed by atoms with Crippen molar-refractivity contribution in [2.45, 2.75) is 43.0 Å². The molecule has 2 N–H and O–H groups in total. The molecule has 2 aromatic carbocycles. The van der Waals surface area contributed by atoms with E-state index in [1.807, 2.05) is 0 Å². The Labute approximate surface area is 195 Å². The van der Waals surface area contributed by atoms with Crippen LogP contribution >= 0.6 is 11.9 Å². The standard InChI is InChI=1S/C25H25F3N4S/c26-25(27,28)21-5-8-24(30-16-21)31-22-9-11-32(12-10-22)33-23-6-3-17(4-7-23)18-1-2-19-14-29-15-20(19)13-18/h1-8,13,16,22,29H,9-12,14-15H2,(H,30,31). The predicted molar refractivity (Wildman–Crippen MR) is 126 cm³/mol. The largest absolute Gasteiger partial charge is 0.417 e. The third-order valence-corrected chi connectivity index (χ3v) is 7.26. The first-order chi connectivity index (χ1) is 15.9. The van der Waals surface area contributed by atoms with Gasteiger partial charge in [-0.15, -0.1) is 0 Å². The van der Waals surface area contributed by atoms with Crippen molar-refractivity contribution in [2.24, 2.45) is 0 Å². The zero-order valence-electron chi connectivity index (χ0n) is 18.0. The molecule has 1 saturated heterocycles. The summed E-state index contributed by atoms with van der Waals surface area (Å²) in [4.78, 5) is 5.13.